The predicted molar refractivity (Wildman–Crippen MR) is 55.9 cm³/mol. The molecular formula is C10H18O2S. The number of methoxy groups -OCH3 is 1. The second-order valence-corrected chi connectivity index (χ2v) is 5.19. The Hall–Kier alpha value is -0.180. The lowest BCUT2D eigenvalue weighted by atomic mass is 9.87. The summed E-state index contributed by atoms with van der Waals surface area (Å²) in [5.41, 5.74) is 0. The highest BCUT2D eigenvalue weighted by molar-refractivity contribution is 7.99. The van der Waals surface area contributed by atoms with Crippen molar-refractivity contribution in [2.24, 2.45) is 5.92 Å². The molecule has 1 unspecified atom stereocenters. The van der Waals surface area contributed by atoms with Crippen molar-refractivity contribution in [1.82, 2.24) is 0 Å². The number of thioether (sulfide) groups is 1. The molecule has 1 aliphatic carbocycles. The van der Waals surface area contributed by atoms with E-state index in [-0.39, 0.29) is 5.97 Å². The standard InChI is InChI=1S/C10H18O2S/c1-8(6-10(11)12-2)13-7-9-4-3-5-9/h8-9H,3-7H2,1-2H3. The minimum atomic E-state index is -0.0893. The summed E-state index contributed by atoms with van der Waals surface area (Å²) in [5.74, 6) is 2.05. The molecule has 13 heavy (non-hydrogen) atoms. The van der Waals surface area contributed by atoms with E-state index in [0.29, 0.717) is 11.7 Å². The third kappa shape index (κ3) is 4.03. The molecule has 2 nitrogen and oxygen atoms in total. The molecule has 0 saturated heterocycles. The first-order valence-corrected chi connectivity index (χ1v) is 5.95. The van der Waals surface area contributed by atoms with Gasteiger partial charge in [-0.1, -0.05) is 13.3 Å². The van der Waals surface area contributed by atoms with Crippen LogP contribution in [-0.4, -0.2) is 24.1 Å². The molecule has 1 fully saturated rings. The Morgan fingerprint density at radius 1 is 1.62 bits per heavy atom. The Bertz CT molecular complexity index is 166. The molecule has 76 valence electrons. The molecule has 0 radical (unpaired) electrons. The number of hydrogen-bond donors (Lipinski definition) is 0. The van der Waals surface area contributed by atoms with Gasteiger partial charge in [0.1, 0.15) is 0 Å². The van der Waals surface area contributed by atoms with Gasteiger partial charge in [0.25, 0.3) is 0 Å². The summed E-state index contributed by atoms with van der Waals surface area (Å²) < 4.78 is 4.62. The fraction of sp³-hybridized carbons (Fsp3) is 0.900. The quantitative estimate of drug-likeness (QED) is 0.641. The van der Waals surface area contributed by atoms with Crippen LogP contribution >= 0.6 is 11.8 Å². The Kier molecular flexibility index (Phi) is 4.64. The first-order chi connectivity index (χ1) is 6.22. The highest BCUT2D eigenvalue weighted by Crippen LogP contribution is 2.31. The van der Waals surface area contributed by atoms with Crippen molar-refractivity contribution in [1.29, 1.82) is 0 Å². The SMILES string of the molecule is COC(=O)CC(C)SCC1CCC1. The molecule has 3 heteroatoms. The lowest BCUT2D eigenvalue weighted by Gasteiger charge is -2.25. The van der Waals surface area contributed by atoms with Gasteiger partial charge in [-0.15, -0.1) is 0 Å². The van der Waals surface area contributed by atoms with Crippen LogP contribution in [0.3, 0.4) is 0 Å². The van der Waals surface area contributed by atoms with Crippen LogP contribution in [0.4, 0.5) is 0 Å². The third-order valence-corrected chi connectivity index (χ3v) is 3.92. The van der Waals surface area contributed by atoms with E-state index >= 15 is 0 Å². The smallest absolute Gasteiger partial charge is 0.306 e. The van der Waals surface area contributed by atoms with E-state index in [1.807, 2.05) is 11.8 Å². The molecule has 0 amide bonds. The summed E-state index contributed by atoms with van der Waals surface area (Å²) >= 11 is 1.90. The van der Waals surface area contributed by atoms with E-state index in [4.69, 9.17) is 0 Å². The van der Waals surface area contributed by atoms with E-state index in [0.717, 1.165) is 5.92 Å². The Morgan fingerprint density at radius 2 is 2.31 bits per heavy atom. The van der Waals surface area contributed by atoms with Crippen molar-refractivity contribution in [2.75, 3.05) is 12.9 Å². The van der Waals surface area contributed by atoms with Crippen molar-refractivity contribution in [2.45, 2.75) is 37.9 Å². The summed E-state index contributed by atoms with van der Waals surface area (Å²) in [7, 11) is 1.45. The zero-order valence-corrected chi connectivity index (χ0v) is 9.23. The van der Waals surface area contributed by atoms with Crippen molar-refractivity contribution in [3.8, 4) is 0 Å². The van der Waals surface area contributed by atoms with Crippen LogP contribution in [0.2, 0.25) is 0 Å². The monoisotopic (exact) mass is 202 g/mol. The maximum Gasteiger partial charge on any atom is 0.306 e. The summed E-state index contributed by atoms with van der Waals surface area (Å²) in [6.07, 6.45) is 4.72. The van der Waals surface area contributed by atoms with Gasteiger partial charge in [-0.25, -0.2) is 0 Å². The van der Waals surface area contributed by atoms with Crippen LogP contribution in [-0.2, 0) is 9.53 Å². The van der Waals surface area contributed by atoms with Crippen LogP contribution in [0.1, 0.15) is 32.6 Å². The Morgan fingerprint density at radius 3 is 2.77 bits per heavy atom. The van der Waals surface area contributed by atoms with Gasteiger partial charge in [0.2, 0.25) is 0 Å². The first-order valence-electron chi connectivity index (χ1n) is 4.90. The van der Waals surface area contributed by atoms with Crippen molar-refractivity contribution in [3.05, 3.63) is 0 Å². The Balaban J connectivity index is 2.02. The van der Waals surface area contributed by atoms with Crippen LogP contribution < -0.4 is 0 Å². The van der Waals surface area contributed by atoms with Crippen molar-refractivity contribution < 1.29 is 9.53 Å². The largest absolute Gasteiger partial charge is 0.469 e. The van der Waals surface area contributed by atoms with E-state index in [1.165, 1.54) is 32.1 Å². The van der Waals surface area contributed by atoms with Gasteiger partial charge in [0, 0.05) is 5.25 Å². The number of ether oxygens (including phenoxy) is 1. The fourth-order valence-electron chi connectivity index (χ4n) is 1.34. The molecule has 0 heterocycles. The summed E-state index contributed by atoms with van der Waals surface area (Å²) in [4.78, 5) is 10.9. The summed E-state index contributed by atoms with van der Waals surface area (Å²) in [6.45, 7) is 2.10. The number of esters is 1. The fourth-order valence-corrected chi connectivity index (χ4v) is 2.52. The molecule has 0 bridgehead atoms. The van der Waals surface area contributed by atoms with E-state index in [1.54, 1.807) is 0 Å². The number of hydrogen-bond acceptors (Lipinski definition) is 3. The van der Waals surface area contributed by atoms with Gasteiger partial charge in [-0.05, 0) is 24.5 Å². The first kappa shape index (κ1) is 10.9. The maximum atomic E-state index is 10.9. The summed E-state index contributed by atoms with van der Waals surface area (Å²) in [6, 6.07) is 0. The highest BCUT2D eigenvalue weighted by atomic mass is 32.2. The Labute approximate surface area is 84.4 Å². The van der Waals surface area contributed by atoms with E-state index in [9.17, 15) is 4.79 Å². The number of carbonyl (C=O) groups is 1. The predicted octanol–water partition coefficient (Wildman–Crippen LogP) is 2.47. The molecule has 0 spiro atoms. The molecule has 0 aromatic heterocycles. The van der Waals surface area contributed by atoms with Gasteiger partial charge in [0.05, 0.1) is 13.5 Å². The summed E-state index contributed by atoms with van der Waals surface area (Å²) in [5, 5.41) is 0.410. The molecule has 1 rings (SSSR count). The second-order valence-electron chi connectivity index (χ2n) is 3.72. The molecule has 0 aromatic carbocycles. The highest BCUT2D eigenvalue weighted by Gasteiger charge is 2.19. The lowest BCUT2D eigenvalue weighted by molar-refractivity contribution is -0.140. The minimum absolute atomic E-state index is 0.0893. The van der Waals surface area contributed by atoms with Crippen LogP contribution in [0.5, 0.6) is 0 Å². The van der Waals surface area contributed by atoms with Crippen LogP contribution in [0.15, 0.2) is 0 Å². The zero-order chi connectivity index (χ0) is 9.68. The molecule has 1 saturated carbocycles. The minimum Gasteiger partial charge on any atom is -0.469 e. The van der Waals surface area contributed by atoms with Gasteiger partial charge >= 0.3 is 5.97 Å². The number of carbonyl (C=O) groups excluding carboxylic acids is 1. The molecule has 1 atom stereocenters. The van der Waals surface area contributed by atoms with Crippen molar-refractivity contribution in [3.63, 3.8) is 0 Å². The average molecular weight is 202 g/mol. The number of rotatable bonds is 5. The molecular weight excluding hydrogens is 184 g/mol. The zero-order valence-electron chi connectivity index (χ0n) is 8.41. The van der Waals surface area contributed by atoms with Crippen LogP contribution in [0.25, 0.3) is 0 Å². The molecule has 1 aliphatic rings. The molecule has 0 N–H and O–H groups in total. The van der Waals surface area contributed by atoms with Crippen molar-refractivity contribution >= 4 is 17.7 Å². The van der Waals surface area contributed by atoms with Gasteiger partial charge < -0.3 is 4.74 Å². The maximum absolute atomic E-state index is 10.9. The van der Waals surface area contributed by atoms with Crippen LogP contribution in [0, 0.1) is 5.92 Å². The van der Waals surface area contributed by atoms with Gasteiger partial charge in [-0.3, -0.25) is 4.79 Å². The second kappa shape index (κ2) is 5.53. The normalized spacial score (nSPS) is 19.2. The third-order valence-electron chi connectivity index (χ3n) is 2.52. The average Bonchev–Trinajstić information content (AvgIpc) is 2.01. The van der Waals surface area contributed by atoms with Gasteiger partial charge in [-0.2, -0.15) is 11.8 Å². The molecule has 0 aromatic rings. The van der Waals surface area contributed by atoms with Gasteiger partial charge in [0.15, 0.2) is 0 Å². The molecule has 0 aliphatic heterocycles. The lowest BCUT2D eigenvalue weighted by Crippen LogP contribution is -2.16. The van der Waals surface area contributed by atoms with E-state index < -0.39 is 0 Å². The van der Waals surface area contributed by atoms with E-state index in [2.05, 4.69) is 11.7 Å². The topological polar surface area (TPSA) is 26.3 Å².